The Labute approximate surface area is 122 Å². The molecule has 96 valence electrons. The Bertz CT molecular complexity index is 727. The van der Waals surface area contributed by atoms with Gasteiger partial charge in [-0.15, -0.1) is 11.3 Å². The molecule has 3 aromatic rings. The summed E-state index contributed by atoms with van der Waals surface area (Å²) < 4.78 is 10.3. The highest BCUT2D eigenvalue weighted by Gasteiger charge is 2.26. The average Bonchev–Trinajstić information content (AvgIpc) is 3.10. The first kappa shape index (κ1) is 11.6. The molecule has 0 spiro atoms. The summed E-state index contributed by atoms with van der Waals surface area (Å²) in [4.78, 5) is 6.83. The molecule has 0 unspecified atom stereocenters. The van der Waals surface area contributed by atoms with Crippen molar-refractivity contribution in [1.82, 2.24) is 9.36 Å². The molecule has 0 aromatic carbocycles. The third kappa shape index (κ3) is 1.82. The van der Waals surface area contributed by atoms with Crippen LogP contribution in [-0.4, -0.2) is 9.36 Å². The second kappa shape index (κ2) is 4.40. The van der Waals surface area contributed by atoms with Crippen LogP contribution in [-0.2, 0) is 12.8 Å². The SMILES string of the molecule is Cc1sc(Oc2nccs2)c2c1CCc1cnsc1-2. The maximum Gasteiger partial charge on any atom is 0.279 e. The molecule has 4 rings (SSSR count). The molecule has 0 N–H and O–H groups in total. The number of hydrogen-bond donors (Lipinski definition) is 0. The predicted molar refractivity (Wildman–Crippen MR) is 79.8 cm³/mol. The molecular weight excluding hydrogens is 296 g/mol. The Hall–Kier alpha value is -1.24. The van der Waals surface area contributed by atoms with E-state index >= 15 is 0 Å². The van der Waals surface area contributed by atoms with E-state index in [1.54, 1.807) is 29.1 Å². The molecule has 0 atom stereocenters. The van der Waals surface area contributed by atoms with Crippen molar-refractivity contribution in [2.24, 2.45) is 0 Å². The number of rotatable bonds is 2. The molecule has 0 amide bonds. The number of aromatic nitrogens is 2. The van der Waals surface area contributed by atoms with E-state index in [4.69, 9.17) is 4.74 Å². The molecule has 19 heavy (non-hydrogen) atoms. The first-order chi connectivity index (χ1) is 9.33. The number of nitrogens with zero attached hydrogens (tertiary/aromatic N) is 2. The average molecular weight is 306 g/mol. The number of ether oxygens (including phenoxy) is 1. The maximum atomic E-state index is 5.97. The van der Waals surface area contributed by atoms with Crippen molar-refractivity contribution in [2.45, 2.75) is 19.8 Å². The van der Waals surface area contributed by atoms with Gasteiger partial charge in [-0.25, -0.2) is 9.36 Å². The van der Waals surface area contributed by atoms with E-state index in [9.17, 15) is 0 Å². The summed E-state index contributed by atoms with van der Waals surface area (Å²) in [5.41, 5.74) is 4.02. The number of fused-ring (bicyclic) bond motifs is 3. The smallest absolute Gasteiger partial charge is 0.279 e. The van der Waals surface area contributed by atoms with Crippen LogP contribution in [0.25, 0.3) is 10.4 Å². The topological polar surface area (TPSA) is 35.0 Å². The lowest BCUT2D eigenvalue weighted by Gasteiger charge is -2.13. The molecule has 3 aromatic heterocycles. The van der Waals surface area contributed by atoms with Crippen LogP contribution in [0.4, 0.5) is 0 Å². The lowest BCUT2D eigenvalue weighted by Crippen LogP contribution is -2.00. The summed E-state index contributed by atoms with van der Waals surface area (Å²) >= 11 is 4.81. The molecule has 0 saturated heterocycles. The third-order valence-corrected chi connectivity index (χ3v) is 5.82. The van der Waals surface area contributed by atoms with Gasteiger partial charge in [0.25, 0.3) is 5.19 Å². The fourth-order valence-corrected chi connectivity index (χ4v) is 4.92. The first-order valence-electron chi connectivity index (χ1n) is 5.96. The molecule has 0 bridgehead atoms. The third-order valence-electron chi connectivity index (χ3n) is 3.28. The summed E-state index contributed by atoms with van der Waals surface area (Å²) in [7, 11) is 0. The second-order valence-electron chi connectivity index (χ2n) is 4.38. The first-order valence-corrected chi connectivity index (χ1v) is 8.43. The van der Waals surface area contributed by atoms with Crippen LogP contribution in [0.1, 0.15) is 16.0 Å². The molecule has 3 nitrogen and oxygen atoms in total. The van der Waals surface area contributed by atoms with E-state index in [-0.39, 0.29) is 0 Å². The quantitative estimate of drug-likeness (QED) is 0.698. The fourth-order valence-electron chi connectivity index (χ4n) is 2.40. The summed E-state index contributed by atoms with van der Waals surface area (Å²) in [6, 6.07) is 0. The van der Waals surface area contributed by atoms with Crippen molar-refractivity contribution in [1.29, 1.82) is 0 Å². The summed E-state index contributed by atoms with van der Waals surface area (Å²) in [6.07, 6.45) is 5.94. The Morgan fingerprint density at radius 3 is 3.11 bits per heavy atom. The van der Waals surface area contributed by atoms with Gasteiger partial charge in [-0.1, -0.05) is 11.3 Å². The highest BCUT2D eigenvalue weighted by molar-refractivity contribution is 7.16. The van der Waals surface area contributed by atoms with E-state index in [0.29, 0.717) is 5.19 Å². The van der Waals surface area contributed by atoms with Crippen LogP contribution in [0.5, 0.6) is 10.3 Å². The van der Waals surface area contributed by atoms with Crippen molar-refractivity contribution in [3.63, 3.8) is 0 Å². The number of thiazole rings is 1. The molecule has 1 aliphatic carbocycles. The Balaban J connectivity index is 1.86. The number of thiophene rings is 1. The van der Waals surface area contributed by atoms with Crippen LogP contribution >= 0.6 is 34.2 Å². The van der Waals surface area contributed by atoms with Gasteiger partial charge in [0.2, 0.25) is 0 Å². The molecule has 0 saturated carbocycles. The van der Waals surface area contributed by atoms with E-state index in [1.807, 2.05) is 11.6 Å². The molecule has 0 aliphatic heterocycles. The summed E-state index contributed by atoms with van der Waals surface area (Å²) in [5, 5.41) is 3.61. The largest absolute Gasteiger partial charge is 0.419 e. The Kier molecular flexibility index (Phi) is 2.68. The minimum Gasteiger partial charge on any atom is -0.419 e. The van der Waals surface area contributed by atoms with E-state index < -0.39 is 0 Å². The van der Waals surface area contributed by atoms with Gasteiger partial charge < -0.3 is 4.74 Å². The van der Waals surface area contributed by atoms with Crippen molar-refractivity contribution < 1.29 is 4.74 Å². The molecule has 0 fully saturated rings. The number of hydrogen-bond acceptors (Lipinski definition) is 6. The van der Waals surface area contributed by atoms with E-state index in [2.05, 4.69) is 16.3 Å². The van der Waals surface area contributed by atoms with Gasteiger partial charge in [0, 0.05) is 22.7 Å². The minimum absolute atomic E-state index is 0.709. The maximum absolute atomic E-state index is 5.97. The lowest BCUT2D eigenvalue weighted by atomic mass is 9.94. The minimum atomic E-state index is 0.709. The van der Waals surface area contributed by atoms with Crippen LogP contribution in [0, 0.1) is 6.92 Å². The molecule has 6 heteroatoms. The van der Waals surface area contributed by atoms with Gasteiger partial charge >= 0.3 is 0 Å². The molecule has 1 aliphatic rings. The predicted octanol–water partition coefficient (Wildman–Crippen LogP) is 4.53. The monoisotopic (exact) mass is 306 g/mol. The van der Waals surface area contributed by atoms with Gasteiger partial charge in [0.15, 0.2) is 5.06 Å². The van der Waals surface area contributed by atoms with Crippen molar-refractivity contribution in [3.8, 4) is 20.7 Å². The van der Waals surface area contributed by atoms with Gasteiger partial charge in [-0.3, -0.25) is 0 Å². The van der Waals surface area contributed by atoms with Crippen molar-refractivity contribution >= 4 is 34.2 Å². The van der Waals surface area contributed by atoms with Gasteiger partial charge in [-0.2, -0.15) is 0 Å². The van der Waals surface area contributed by atoms with Gasteiger partial charge in [-0.05, 0) is 42.4 Å². The lowest BCUT2D eigenvalue weighted by molar-refractivity contribution is 0.493. The van der Waals surface area contributed by atoms with E-state index in [0.717, 1.165) is 17.9 Å². The van der Waals surface area contributed by atoms with Crippen molar-refractivity contribution in [3.05, 3.63) is 33.8 Å². The molecule has 3 heterocycles. The molecular formula is C13H10N2OS3. The standard InChI is InChI=1S/C13H10N2OS3/c1-7-9-3-2-8-6-15-19-11(8)10(9)12(18-7)16-13-14-4-5-17-13/h4-6H,2-3H2,1H3. The zero-order chi connectivity index (χ0) is 12.8. The zero-order valence-corrected chi connectivity index (χ0v) is 12.6. The van der Waals surface area contributed by atoms with Crippen LogP contribution in [0.2, 0.25) is 0 Å². The van der Waals surface area contributed by atoms with Gasteiger partial charge in [0.1, 0.15) is 0 Å². The highest BCUT2D eigenvalue weighted by Crippen LogP contribution is 2.49. The Morgan fingerprint density at radius 1 is 1.32 bits per heavy atom. The normalized spacial score (nSPS) is 13.1. The van der Waals surface area contributed by atoms with Gasteiger partial charge in [0.05, 0.1) is 10.4 Å². The fraction of sp³-hybridized carbons (Fsp3) is 0.231. The molecule has 0 radical (unpaired) electrons. The Morgan fingerprint density at radius 2 is 2.26 bits per heavy atom. The summed E-state index contributed by atoms with van der Waals surface area (Å²) in [5.74, 6) is 0. The van der Waals surface area contributed by atoms with Crippen LogP contribution in [0.15, 0.2) is 17.8 Å². The van der Waals surface area contributed by atoms with E-state index in [1.165, 1.54) is 37.8 Å². The zero-order valence-electron chi connectivity index (χ0n) is 10.2. The van der Waals surface area contributed by atoms with Crippen molar-refractivity contribution in [2.75, 3.05) is 0 Å². The summed E-state index contributed by atoms with van der Waals surface area (Å²) in [6.45, 7) is 2.17. The second-order valence-corrected chi connectivity index (χ2v) is 7.23. The van der Waals surface area contributed by atoms with Crippen LogP contribution in [0.3, 0.4) is 0 Å². The highest BCUT2D eigenvalue weighted by atomic mass is 32.1. The van der Waals surface area contributed by atoms with Crippen LogP contribution < -0.4 is 4.74 Å². The number of aryl methyl sites for hydroxylation is 2.